The number of nitrogens with zero attached hydrogens (tertiary/aromatic N) is 3. The summed E-state index contributed by atoms with van der Waals surface area (Å²) in [6, 6.07) is 15.2. The van der Waals surface area contributed by atoms with Crippen molar-refractivity contribution in [2.24, 2.45) is 0 Å². The fourth-order valence-electron chi connectivity index (χ4n) is 2.77. The summed E-state index contributed by atoms with van der Waals surface area (Å²) in [5.41, 5.74) is 2.42. The van der Waals surface area contributed by atoms with E-state index in [9.17, 15) is 4.79 Å². The number of hydrogen-bond donors (Lipinski definition) is 1. The van der Waals surface area contributed by atoms with Crippen LogP contribution in [-0.4, -0.2) is 20.7 Å². The quantitative estimate of drug-likeness (QED) is 0.732. The van der Waals surface area contributed by atoms with Gasteiger partial charge in [0.15, 0.2) is 0 Å². The molecule has 6 heteroatoms. The second kappa shape index (κ2) is 7.94. The first kappa shape index (κ1) is 17.2. The smallest absolute Gasteiger partial charge is 0.253 e. The van der Waals surface area contributed by atoms with E-state index in [0.29, 0.717) is 23.6 Å². The fraction of sp³-hybridized carbons (Fsp3) is 0.211. The molecule has 0 unspecified atom stereocenters. The summed E-state index contributed by atoms with van der Waals surface area (Å²) in [7, 11) is 0. The van der Waals surface area contributed by atoms with Crippen LogP contribution in [0.15, 0.2) is 61.2 Å². The summed E-state index contributed by atoms with van der Waals surface area (Å²) in [5, 5.41) is 7.69. The van der Waals surface area contributed by atoms with Crippen LogP contribution in [0.4, 0.5) is 0 Å². The van der Waals surface area contributed by atoms with Gasteiger partial charge >= 0.3 is 0 Å². The standard InChI is InChI=1S/C19H19ClN4O/c1-14-6-5-9-16(20)18(14)19(25)23-17(15-7-3-2-4-8-15)10-11-24-13-21-12-22-24/h2-9,12-13,17H,10-11H2,1H3,(H,23,25)/t17-/m0/s1. The van der Waals surface area contributed by atoms with Gasteiger partial charge in [-0.15, -0.1) is 0 Å². The van der Waals surface area contributed by atoms with Gasteiger partial charge in [0.2, 0.25) is 0 Å². The second-order valence-corrected chi connectivity index (χ2v) is 6.22. The molecule has 1 N–H and O–H groups in total. The number of carbonyl (C=O) groups is 1. The minimum absolute atomic E-state index is 0.145. The maximum absolute atomic E-state index is 12.8. The van der Waals surface area contributed by atoms with Gasteiger partial charge in [0.05, 0.1) is 16.6 Å². The minimum Gasteiger partial charge on any atom is -0.345 e. The molecule has 0 radical (unpaired) electrons. The van der Waals surface area contributed by atoms with Crippen molar-refractivity contribution >= 4 is 17.5 Å². The predicted molar refractivity (Wildman–Crippen MR) is 97.5 cm³/mol. The Morgan fingerprint density at radius 3 is 2.68 bits per heavy atom. The molecule has 0 aliphatic rings. The first-order valence-corrected chi connectivity index (χ1v) is 8.46. The van der Waals surface area contributed by atoms with Crippen LogP contribution in [0.25, 0.3) is 0 Å². The van der Waals surface area contributed by atoms with Crippen LogP contribution in [-0.2, 0) is 6.54 Å². The summed E-state index contributed by atoms with van der Waals surface area (Å²) in [5.74, 6) is -0.171. The van der Waals surface area contributed by atoms with Gasteiger partial charge in [0, 0.05) is 6.54 Å². The number of nitrogens with one attached hydrogen (secondary N) is 1. The molecule has 0 spiro atoms. The van der Waals surface area contributed by atoms with Crippen LogP contribution in [0.1, 0.15) is 33.9 Å². The summed E-state index contributed by atoms with van der Waals surface area (Å²) in [6.07, 6.45) is 3.87. The molecule has 0 fully saturated rings. The molecular formula is C19H19ClN4O. The molecule has 1 heterocycles. The van der Waals surface area contributed by atoms with E-state index in [2.05, 4.69) is 15.4 Å². The van der Waals surface area contributed by atoms with Crippen molar-refractivity contribution in [2.45, 2.75) is 25.9 Å². The van der Waals surface area contributed by atoms with Gasteiger partial charge in [-0.25, -0.2) is 4.98 Å². The first-order chi connectivity index (χ1) is 12.1. The fourth-order valence-corrected chi connectivity index (χ4v) is 3.07. The van der Waals surface area contributed by atoms with Crippen molar-refractivity contribution in [3.05, 3.63) is 82.9 Å². The minimum atomic E-state index is -0.171. The van der Waals surface area contributed by atoms with Crippen molar-refractivity contribution < 1.29 is 4.79 Å². The summed E-state index contributed by atoms with van der Waals surface area (Å²) >= 11 is 6.23. The Labute approximate surface area is 151 Å². The Bertz CT molecular complexity index is 814. The van der Waals surface area contributed by atoms with Crippen LogP contribution in [0, 0.1) is 6.92 Å². The predicted octanol–water partition coefficient (Wildman–Crippen LogP) is 3.80. The Balaban J connectivity index is 1.80. The molecule has 1 aromatic heterocycles. The molecule has 1 amide bonds. The van der Waals surface area contributed by atoms with Crippen molar-refractivity contribution in [1.29, 1.82) is 0 Å². The van der Waals surface area contributed by atoms with Crippen LogP contribution in [0.3, 0.4) is 0 Å². The SMILES string of the molecule is Cc1cccc(Cl)c1C(=O)N[C@@H](CCn1cncn1)c1ccccc1. The zero-order valence-electron chi connectivity index (χ0n) is 13.9. The van der Waals surface area contributed by atoms with E-state index in [0.717, 1.165) is 11.1 Å². The summed E-state index contributed by atoms with van der Waals surface area (Å²) in [4.78, 5) is 16.8. The van der Waals surface area contributed by atoms with Gasteiger partial charge in [-0.1, -0.05) is 54.1 Å². The first-order valence-electron chi connectivity index (χ1n) is 8.08. The number of amides is 1. The molecule has 0 bridgehead atoms. The highest BCUT2D eigenvalue weighted by atomic mass is 35.5. The molecule has 25 heavy (non-hydrogen) atoms. The van der Waals surface area contributed by atoms with E-state index in [1.165, 1.54) is 6.33 Å². The molecule has 3 rings (SSSR count). The summed E-state index contributed by atoms with van der Waals surface area (Å²) in [6.45, 7) is 2.54. The highest BCUT2D eigenvalue weighted by molar-refractivity contribution is 6.34. The van der Waals surface area contributed by atoms with E-state index < -0.39 is 0 Å². The van der Waals surface area contributed by atoms with E-state index in [1.54, 1.807) is 17.1 Å². The lowest BCUT2D eigenvalue weighted by atomic mass is 10.0. The van der Waals surface area contributed by atoms with Crippen molar-refractivity contribution in [1.82, 2.24) is 20.1 Å². The van der Waals surface area contributed by atoms with Crippen LogP contribution >= 0.6 is 11.6 Å². The maximum Gasteiger partial charge on any atom is 0.253 e. The van der Waals surface area contributed by atoms with Gasteiger partial charge in [-0.2, -0.15) is 5.10 Å². The normalized spacial score (nSPS) is 11.9. The molecule has 2 aromatic carbocycles. The molecule has 0 saturated carbocycles. The van der Waals surface area contributed by atoms with Crippen LogP contribution in [0.5, 0.6) is 0 Å². The zero-order chi connectivity index (χ0) is 17.6. The average molecular weight is 355 g/mol. The van der Waals surface area contributed by atoms with Crippen molar-refractivity contribution in [3.63, 3.8) is 0 Å². The highest BCUT2D eigenvalue weighted by Crippen LogP contribution is 2.23. The van der Waals surface area contributed by atoms with Crippen LogP contribution < -0.4 is 5.32 Å². The molecule has 128 valence electrons. The topological polar surface area (TPSA) is 59.8 Å². The van der Waals surface area contributed by atoms with Gasteiger partial charge < -0.3 is 5.32 Å². The Morgan fingerprint density at radius 2 is 2.00 bits per heavy atom. The molecule has 0 aliphatic heterocycles. The van der Waals surface area contributed by atoms with E-state index >= 15 is 0 Å². The molecular weight excluding hydrogens is 336 g/mol. The average Bonchev–Trinajstić information content (AvgIpc) is 3.12. The number of hydrogen-bond acceptors (Lipinski definition) is 3. The monoisotopic (exact) mass is 354 g/mol. The van der Waals surface area contributed by atoms with Crippen LogP contribution in [0.2, 0.25) is 5.02 Å². The van der Waals surface area contributed by atoms with Crippen molar-refractivity contribution in [3.8, 4) is 0 Å². The number of benzene rings is 2. The number of halogens is 1. The highest BCUT2D eigenvalue weighted by Gasteiger charge is 2.19. The zero-order valence-corrected chi connectivity index (χ0v) is 14.6. The lowest BCUT2D eigenvalue weighted by Gasteiger charge is -2.20. The number of aromatic nitrogens is 3. The second-order valence-electron chi connectivity index (χ2n) is 5.82. The number of aryl methyl sites for hydroxylation is 2. The third kappa shape index (κ3) is 4.25. The maximum atomic E-state index is 12.8. The Morgan fingerprint density at radius 1 is 1.20 bits per heavy atom. The number of carbonyl (C=O) groups excluding carboxylic acids is 1. The van der Waals surface area contributed by atoms with Gasteiger partial charge in [-0.3, -0.25) is 9.48 Å². The number of rotatable bonds is 6. The Hall–Kier alpha value is -2.66. The molecule has 3 aromatic rings. The molecule has 0 aliphatic carbocycles. The van der Waals surface area contributed by atoms with E-state index in [1.807, 2.05) is 49.4 Å². The summed E-state index contributed by atoms with van der Waals surface area (Å²) < 4.78 is 1.75. The Kier molecular flexibility index (Phi) is 5.46. The van der Waals surface area contributed by atoms with Crippen molar-refractivity contribution in [2.75, 3.05) is 0 Å². The van der Waals surface area contributed by atoms with E-state index in [4.69, 9.17) is 11.6 Å². The molecule has 0 saturated heterocycles. The van der Waals surface area contributed by atoms with Gasteiger partial charge in [0.25, 0.3) is 5.91 Å². The lowest BCUT2D eigenvalue weighted by molar-refractivity contribution is 0.0933. The molecule has 1 atom stereocenters. The largest absolute Gasteiger partial charge is 0.345 e. The lowest BCUT2D eigenvalue weighted by Crippen LogP contribution is -2.30. The van der Waals surface area contributed by atoms with Gasteiger partial charge in [0.1, 0.15) is 12.7 Å². The third-order valence-corrected chi connectivity index (χ3v) is 4.38. The van der Waals surface area contributed by atoms with E-state index in [-0.39, 0.29) is 11.9 Å². The van der Waals surface area contributed by atoms with Gasteiger partial charge in [-0.05, 0) is 30.5 Å². The molecule has 5 nitrogen and oxygen atoms in total. The third-order valence-electron chi connectivity index (χ3n) is 4.07.